The zero-order chi connectivity index (χ0) is 36.5. The van der Waals surface area contributed by atoms with E-state index in [4.69, 9.17) is 32.9 Å². The molecule has 2 aliphatic rings. The normalized spacial score (nSPS) is 17.1. The molecule has 16 heteroatoms. The second-order valence-electron chi connectivity index (χ2n) is 12.8. The molecule has 5 aromatic rings. The van der Waals surface area contributed by atoms with Crippen LogP contribution in [0.4, 0.5) is 4.79 Å². The number of hydrogen-bond donors (Lipinski definition) is 3. The maximum Gasteiger partial charge on any atom is 0.407 e. The fourth-order valence-corrected chi connectivity index (χ4v) is 7.27. The van der Waals surface area contributed by atoms with Gasteiger partial charge in [0.15, 0.2) is 5.82 Å². The van der Waals surface area contributed by atoms with Crippen LogP contribution in [0.2, 0.25) is 10.0 Å². The van der Waals surface area contributed by atoms with E-state index in [-0.39, 0.29) is 43.0 Å². The van der Waals surface area contributed by atoms with E-state index in [0.717, 1.165) is 17.5 Å². The Morgan fingerprint density at radius 2 is 1.63 bits per heavy atom. The molecule has 7 rings (SSSR count). The Morgan fingerprint density at radius 1 is 0.942 bits per heavy atom. The number of fused-ring (bicyclic) bond motifs is 1. The van der Waals surface area contributed by atoms with Gasteiger partial charge in [0.05, 0.1) is 42.1 Å². The number of nitrogens with one attached hydrogen (secondary N) is 2. The molecule has 5 heterocycles. The number of aromatic nitrogens is 5. The van der Waals surface area contributed by atoms with Gasteiger partial charge in [0.2, 0.25) is 17.7 Å². The SMILES string of the molecule is COc1nc(-c2cccc(-c3cccc(-c4cnc5nc(CN(C)[C@H]6CCC(=O)N6)nn5c4)c3Cl)c2Cl)ccc1CN(C[C@@H]1CCC(=O)N1)C(=O)O. The number of pyridine rings is 1. The summed E-state index contributed by atoms with van der Waals surface area (Å²) in [6.45, 7) is 0.631. The first-order valence-electron chi connectivity index (χ1n) is 16.7. The molecule has 268 valence electrons. The predicted molar refractivity (Wildman–Crippen MR) is 194 cm³/mol. The van der Waals surface area contributed by atoms with E-state index in [1.165, 1.54) is 12.0 Å². The average molecular weight is 745 g/mol. The van der Waals surface area contributed by atoms with Crippen molar-refractivity contribution in [2.45, 2.75) is 51.0 Å². The number of carbonyl (C=O) groups excluding carboxylic acids is 2. The number of nitrogens with zero attached hydrogens (tertiary/aromatic N) is 7. The summed E-state index contributed by atoms with van der Waals surface area (Å²) in [5.74, 6) is 1.24. The van der Waals surface area contributed by atoms with Crippen LogP contribution in [0.25, 0.3) is 39.3 Å². The highest BCUT2D eigenvalue weighted by atomic mass is 35.5. The molecule has 52 heavy (non-hydrogen) atoms. The number of amides is 3. The molecule has 3 aromatic heterocycles. The number of carboxylic acid groups (broad SMARTS) is 1. The molecular formula is C36H35Cl2N9O5. The Hall–Kier alpha value is -5.31. The summed E-state index contributed by atoms with van der Waals surface area (Å²) in [4.78, 5) is 52.4. The van der Waals surface area contributed by atoms with Gasteiger partial charge in [0, 0.05) is 71.2 Å². The monoisotopic (exact) mass is 743 g/mol. The van der Waals surface area contributed by atoms with Gasteiger partial charge in [0.1, 0.15) is 0 Å². The molecule has 0 radical (unpaired) electrons. The molecule has 2 aromatic carbocycles. The Kier molecular flexibility index (Phi) is 9.95. The molecular weight excluding hydrogens is 709 g/mol. The van der Waals surface area contributed by atoms with Crippen LogP contribution >= 0.6 is 23.2 Å². The van der Waals surface area contributed by atoms with Crippen molar-refractivity contribution >= 4 is 46.9 Å². The minimum atomic E-state index is -1.11. The van der Waals surface area contributed by atoms with Crippen molar-refractivity contribution in [3.05, 3.63) is 82.4 Å². The van der Waals surface area contributed by atoms with Crippen LogP contribution in [0.15, 0.2) is 60.9 Å². The smallest absolute Gasteiger partial charge is 0.407 e. The third kappa shape index (κ3) is 7.22. The van der Waals surface area contributed by atoms with Crippen LogP contribution in [-0.4, -0.2) is 90.3 Å². The highest BCUT2D eigenvalue weighted by Crippen LogP contribution is 2.42. The summed E-state index contributed by atoms with van der Waals surface area (Å²) < 4.78 is 7.21. The average Bonchev–Trinajstić information content (AvgIpc) is 3.87. The van der Waals surface area contributed by atoms with Crippen molar-refractivity contribution in [3.63, 3.8) is 0 Å². The lowest BCUT2D eigenvalue weighted by Gasteiger charge is -2.23. The maximum atomic E-state index is 12.1. The first-order chi connectivity index (χ1) is 25.1. The number of rotatable bonds is 11. The van der Waals surface area contributed by atoms with Gasteiger partial charge in [-0.1, -0.05) is 59.6 Å². The zero-order valence-electron chi connectivity index (χ0n) is 28.3. The zero-order valence-corrected chi connectivity index (χ0v) is 29.9. The standard InChI is InChI=1S/C36H35Cl2N9O5/c1-45(29-12-14-31(49)43-29)19-28-42-35-39-15-21(17-47(35)44-28)23-5-3-6-24(32(23)37)25-7-4-8-26(33(25)38)27-11-9-20(34(41-27)52-2)16-46(36(50)51)18-22-10-13-30(48)40-22/h3-9,11,15,17,22,29H,10,12-14,16,18-19H2,1-2H3,(H,40,48)(H,43,49)(H,50,51)/t22-,29-/m0/s1. The van der Waals surface area contributed by atoms with Gasteiger partial charge < -0.3 is 25.4 Å². The van der Waals surface area contributed by atoms with Crippen LogP contribution in [0, 0.1) is 0 Å². The van der Waals surface area contributed by atoms with E-state index in [1.807, 2.05) is 54.5 Å². The van der Waals surface area contributed by atoms with E-state index in [9.17, 15) is 19.5 Å². The maximum absolute atomic E-state index is 12.1. The van der Waals surface area contributed by atoms with Gasteiger partial charge in [-0.15, -0.1) is 5.10 Å². The Labute approximate surface area is 308 Å². The number of methoxy groups -OCH3 is 1. The number of halogens is 2. The summed E-state index contributed by atoms with van der Waals surface area (Å²) in [6, 6.07) is 14.6. The third-order valence-corrected chi connectivity index (χ3v) is 10.1. The van der Waals surface area contributed by atoms with Crippen LogP contribution in [0.5, 0.6) is 5.88 Å². The molecule has 14 nitrogen and oxygen atoms in total. The summed E-state index contributed by atoms with van der Waals surface area (Å²) >= 11 is 14.2. The molecule has 0 spiro atoms. The van der Waals surface area contributed by atoms with Crippen molar-refractivity contribution in [2.75, 3.05) is 20.7 Å². The van der Waals surface area contributed by atoms with Gasteiger partial charge in [0.25, 0.3) is 5.78 Å². The highest BCUT2D eigenvalue weighted by molar-refractivity contribution is 6.39. The van der Waals surface area contributed by atoms with E-state index in [1.54, 1.807) is 22.8 Å². The van der Waals surface area contributed by atoms with Gasteiger partial charge in [-0.3, -0.25) is 14.5 Å². The minimum absolute atomic E-state index is 0.0298. The van der Waals surface area contributed by atoms with E-state index in [0.29, 0.717) is 75.4 Å². The molecule has 0 unspecified atom stereocenters. The van der Waals surface area contributed by atoms with Crippen LogP contribution in [-0.2, 0) is 22.7 Å². The molecule has 3 amide bonds. The first kappa shape index (κ1) is 35.1. The van der Waals surface area contributed by atoms with Crippen molar-refractivity contribution in [3.8, 4) is 39.4 Å². The molecule has 0 saturated carbocycles. The van der Waals surface area contributed by atoms with Gasteiger partial charge in [-0.05, 0) is 32.0 Å². The molecule has 2 saturated heterocycles. The number of carbonyl (C=O) groups is 3. The fraction of sp³-hybridized carbons (Fsp3) is 0.306. The summed E-state index contributed by atoms with van der Waals surface area (Å²) in [7, 11) is 3.40. The predicted octanol–water partition coefficient (Wildman–Crippen LogP) is 5.26. The lowest BCUT2D eigenvalue weighted by molar-refractivity contribution is -0.120. The lowest BCUT2D eigenvalue weighted by atomic mass is 9.97. The van der Waals surface area contributed by atoms with E-state index >= 15 is 0 Å². The van der Waals surface area contributed by atoms with Crippen LogP contribution in [0.1, 0.15) is 37.1 Å². The summed E-state index contributed by atoms with van der Waals surface area (Å²) in [5.41, 5.74) is 4.57. The second-order valence-corrected chi connectivity index (χ2v) is 13.6. The summed E-state index contributed by atoms with van der Waals surface area (Å²) in [6.07, 6.45) is 4.57. The van der Waals surface area contributed by atoms with Crippen molar-refractivity contribution in [2.24, 2.45) is 0 Å². The van der Waals surface area contributed by atoms with Gasteiger partial charge in [-0.2, -0.15) is 4.98 Å². The second kappa shape index (κ2) is 14.7. The van der Waals surface area contributed by atoms with Crippen molar-refractivity contribution < 1.29 is 24.2 Å². The number of hydrogen-bond acceptors (Lipinski definition) is 9. The van der Waals surface area contributed by atoms with Crippen molar-refractivity contribution in [1.29, 1.82) is 0 Å². The largest absolute Gasteiger partial charge is 0.481 e. The first-order valence-corrected chi connectivity index (χ1v) is 17.4. The topological polar surface area (TPSA) is 167 Å². The van der Waals surface area contributed by atoms with Crippen LogP contribution < -0.4 is 15.4 Å². The Morgan fingerprint density at radius 3 is 2.31 bits per heavy atom. The molecule has 2 fully saturated rings. The van der Waals surface area contributed by atoms with Gasteiger partial charge in [-0.25, -0.2) is 19.3 Å². The van der Waals surface area contributed by atoms with Crippen molar-refractivity contribution in [1.82, 2.24) is 45.0 Å². The molecule has 2 atom stereocenters. The Balaban J connectivity index is 1.13. The molecule has 2 aliphatic heterocycles. The molecule has 3 N–H and O–H groups in total. The lowest BCUT2D eigenvalue weighted by Crippen LogP contribution is -2.41. The van der Waals surface area contributed by atoms with Crippen LogP contribution in [0.3, 0.4) is 0 Å². The molecule has 0 aliphatic carbocycles. The minimum Gasteiger partial charge on any atom is -0.481 e. The Bertz CT molecular complexity index is 2200. The highest BCUT2D eigenvalue weighted by Gasteiger charge is 2.27. The summed E-state index contributed by atoms with van der Waals surface area (Å²) in [5, 5.41) is 21.1. The van der Waals surface area contributed by atoms with Gasteiger partial charge >= 0.3 is 6.09 Å². The number of ether oxygens (including phenoxy) is 1. The number of benzene rings is 2. The van der Waals surface area contributed by atoms with E-state index < -0.39 is 6.09 Å². The molecule has 0 bridgehead atoms. The van der Waals surface area contributed by atoms with E-state index in [2.05, 4.69) is 25.7 Å². The quantitative estimate of drug-likeness (QED) is 0.162. The third-order valence-electron chi connectivity index (χ3n) is 9.30. The fourth-order valence-electron chi connectivity index (χ4n) is 6.61.